The molecule has 1 fully saturated rings. The van der Waals surface area contributed by atoms with Crippen molar-refractivity contribution in [2.45, 2.75) is 13.0 Å². The summed E-state index contributed by atoms with van der Waals surface area (Å²) in [5, 5.41) is 0. The normalized spacial score (nSPS) is 19.5. The molecule has 7 heteroatoms. The minimum absolute atomic E-state index is 0.352. The lowest BCUT2D eigenvalue weighted by Crippen LogP contribution is -2.55. The third kappa shape index (κ3) is 4.14. The number of ether oxygens (including phenoxy) is 1. The highest BCUT2D eigenvalue weighted by Gasteiger charge is 2.26. The van der Waals surface area contributed by atoms with Gasteiger partial charge in [0.2, 0.25) is 5.95 Å². The summed E-state index contributed by atoms with van der Waals surface area (Å²) in [5.74, 6) is 0.294. The van der Waals surface area contributed by atoms with Crippen LogP contribution in [0.25, 0.3) is 0 Å². The zero-order chi connectivity index (χ0) is 16.1. The van der Waals surface area contributed by atoms with Crippen molar-refractivity contribution in [3.63, 3.8) is 0 Å². The number of nitrogens with zero attached hydrogens (tertiary/aromatic N) is 5. The standard InChI is InChI=1S/C15H25N5O2/c1-5-22-14(21)12-8-16-15(17-9-12)20-7-6-19(4)13(11-20)10-18(2)3/h8-9,13H,5-7,10-11H2,1-4H3. The largest absolute Gasteiger partial charge is 0.462 e. The molecule has 0 aromatic carbocycles. The number of likely N-dealkylation sites (N-methyl/N-ethyl adjacent to an activating group) is 2. The van der Waals surface area contributed by atoms with Crippen molar-refractivity contribution in [3.8, 4) is 0 Å². The lowest BCUT2D eigenvalue weighted by molar-refractivity contribution is 0.0525. The molecule has 22 heavy (non-hydrogen) atoms. The van der Waals surface area contributed by atoms with E-state index in [4.69, 9.17) is 4.74 Å². The van der Waals surface area contributed by atoms with Crippen molar-refractivity contribution in [2.24, 2.45) is 0 Å². The van der Waals surface area contributed by atoms with Gasteiger partial charge in [0.15, 0.2) is 0 Å². The molecule has 1 atom stereocenters. The Morgan fingerprint density at radius 1 is 1.36 bits per heavy atom. The molecule has 1 unspecified atom stereocenters. The number of anilines is 1. The Kier molecular flexibility index (Phi) is 5.68. The van der Waals surface area contributed by atoms with E-state index in [0.29, 0.717) is 24.2 Å². The van der Waals surface area contributed by atoms with E-state index in [-0.39, 0.29) is 5.97 Å². The van der Waals surface area contributed by atoms with E-state index in [0.717, 1.165) is 26.2 Å². The number of aromatic nitrogens is 2. The fourth-order valence-corrected chi connectivity index (χ4v) is 2.55. The van der Waals surface area contributed by atoms with Gasteiger partial charge in [-0.25, -0.2) is 14.8 Å². The van der Waals surface area contributed by atoms with Gasteiger partial charge in [-0.1, -0.05) is 0 Å². The minimum Gasteiger partial charge on any atom is -0.462 e. The van der Waals surface area contributed by atoms with Crippen LogP contribution in [0.3, 0.4) is 0 Å². The predicted molar refractivity (Wildman–Crippen MR) is 85.2 cm³/mol. The zero-order valence-corrected chi connectivity index (χ0v) is 13.8. The van der Waals surface area contributed by atoms with Gasteiger partial charge in [-0.05, 0) is 28.1 Å². The van der Waals surface area contributed by atoms with Gasteiger partial charge in [0.25, 0.3) is 0 Å². The van der Waals surface area contributed by atoms with E-state index in [1.165, 1.54) is 0 Å². The first-order chi connectivity index (χ1) is 10.5. The average Bonchev–Trinajstić information content (AvgIpc) is 2.49. The molecule has 1 aliphatic heterocycles. The molecule has 1 aliphatic rings. The molecule has 1 aromatic heterocycles. The van der Waals surface area contributed by atoms with Crippen LogP contribution in [0, 0.1) is 0 Å². The molecule has 2 heterocycles. The number of carbonyl (C=O) groups excluding carboxylic acids is 1. The zero-order valence-electron chi connectivity index (χ0n) is 13.8. The van der Waals surface area contributed by atoms with Crippen molar-refractivity contribution in [3.05, 3.63) is 18.0 Å². The molecule has 2 rings (SSSR count). The fourth-order valence-electron chi connectivity index (χ4n) is 2.55. The SMILES string of the molecule is CCOC(=O)c1cnc(N2CCN(C)C(CN(C)C)C2)nc1. The van der Waals surface area contributed by atoms with Gasteiger partial charge in [-0.2, -0.15) is 0 Å². The van der Waals surface area contributed by atoms with E-state index in [2.05, 4.69) is 45.8 Å². The second kappa shape index (κ2) is 7.51. The highest BCUT2D eigenvalue weighted by atomic mass is 16.5. The molecule has 1 saturated heterocycles. The van der Waals surface area contributed by atoms with Gasteiger partial charge in [-0.3, -0.25) is 4.90 Å². The van der Waals surface area contributed by atoms with Crippen LogP contribution in [0.4, 0.5) is 5.95 Å². The van der Waals surface area contributed by atoms with Gasteiger partial charge in [-0.15, -0.1) is 0 Å². The van der Waals surface area contributed by atoms with Crippen LogP contribution in [0.1, 0.15) is 17.3 Å². The van der Waals surface area contributed by atoms with Crippen LogP contribution in [-0.2, 0) is 4.74 Å². The smallest absolute Gasteiger partial charge is 0.341 e. The fraction of sp³-hybridized carbons (Fsp3) is 0.667. The first-order valence-electron chi connectivity index (χ1n) is 7.60. The number of carbonyl (C=O) groups is 1. The molecule has 0 aliphatic carbocycles. The first kappa shape index (κ1) is 16.6. The Labute approximate surface area is 131 Å². The Morgan fingerprint density at radius 2 is 2.05 bits per heavy atom. The second-order valence-electron chi connectivity index (χ2n) is 5.83. The summed E-state index contributed by atoms with van der Waals surface area (Å²) in [7, 11) is 6.31. The molecule has 0 radical (unpaired) electrons. The summed E-state index contributed by atoms with van der Waals surface area (Å²) in [4.78, 5) is 27.0. The molecule has 0 bridgehead atoms. The van der Waals surface area contributed by atoms with Crippen LogP contribution in [0.5, 0.6) is 0 Å². The van der Waals surface area contributed by atoms with Crippen LogP contribution in [0.15, 0.2) is 12.4 Å². The highest BCUT2D eigenvalue weighted by molar-refractivity contribution is 5.88. The number of piperazine rings is 1. The van der Waals surface area contributed by atoms with Crippen molar-refractivity contribution in [2.75, 3.05) is 58.8 Å². The highest BCUT2D eigenvalue weighted by Crippen LogP contribution is 2.14. The van der Waals surface area contributed by atoms with Crippen molar-refractivity contribution in [1.29, 1.82) is 0 Å². The second-order valence-corrected chi connectivity index (χ2v) is 5.83. The summed E-state index contributed by atoms with van der Waals surface area (Å²) < 4.78 is 4.94. The Bertz CT molecular complexity index is 491. The lowest BCUT2D eigenvalue weighted by Gasteiger charge is -2.40. The topological polar surface area (TPSA) is 61.8 Å². The van der Waals surface area contributed by atoms with Crippen LogP contribution in [0.2, 0.25) is 0 Å². The number of esters is 1. The van der Waals surface area contributed by atoms with Crippen LogP contribution < -0.4 is 4.90 Å². The predicted octanol–water partition coefficient (Wildman–Crippen LogP) is 0.335. The molecular weight excluding hydrogens is 282 g/mol. The quantitative estimate of drug-likeness (QED) is 0.727. The average molecular weight is 307 g/mol. The number of rotatable bonds is 5. The van der Waals surface area contributed by atoms with Crippen LogP contribution >= 0.6 is 0 Å². The number of hydrogen-bond donors (Lipinski definition) is 0. The summed E-state index contributed by atoms with van der Waals surface area (Å²) in [5.41, 5.74) is 0.393. The molecule has 7 nitrogen and oxygen atoms in total. The molecule has 0 spiro atoms. The monoisotopic (exact) mass is 307 g/mol. The van der Waals surface area contributed by atoms with Gasteiger partial charge >= 0.3 is 5.97 Å². The van der Waals surface area contributed by atoms with E-state index in [1.807, 2.05) is 0 Å². The Hall–Kier alpha value is -1.73. The maximum atomic E-state index is 11.6. The summed E-state index contributed by atoms with van der Waals surface area (Å²) >= 11 is 0. The maximum Gasteiger partial charge on any atom is 0.341 e. The molecule has 1 aromatic rings. The van der Waals surface area contributed by atoms with E-state index in [1.54, 1.807) is 19.3 Å². The van der Waals surface area contributed by atoms with Gasteiger partial charge in [0.05, 0.1) is 12.2 Å². The molecule has 0 saturated carbocycles. The third-order valence-electron chi connectivity index (χ3n) is 3.79. The first-order valence-corrected chi connectivity index (χ1v) is 7.60. The minimum atomic E-state index is -0.377. The van der Waals surface area contributed by atoms with Crippen molar-refractivity contribution >= 4 is 11.9 Å². The number of hydrogen-bond acceptors (Lipinski definition) is 7. The Morgan fingerprint density at radius 3 is 2.64 bits per heavy atom. The lowest BCUT2D eigenvalue weighted by atomic mass is 10.2. The molecular formula is C15H25N5O2. The van der Waals surface area contributed by atoms with Gasteiger partial charge < -0.3 is 14.5 Å². The van der Waals surface area contributed by atoms with E-state index in [9.17, 15) is 4.79 Å². The van der Waals surface area contributed by atoms with E-state index < -0.39 is 0 Å². The van der Waals surface area contributed by atoms with Gasteiger partial charge in [0, 0.05) is 44.6 Å². The summed E-state index contributed by atoms with van der Waals surface area (Å²) in [6, 6.07) is 0.442. The third-order valence-corrected chi connectivity index (χ3v) is 3.79. The van der Waals surface area contributed by atoms with Crippen molar-refractivity contribution < 1.29 is 9.53 Å². The molecule has 0 amide bonds. The molecule has 122 valence electrons. The van der Waals surface area contributed by atoms with Gasteiger partial charge in [0.1, 0.15) is 0 Å². The van der Waals surface area contributed by atoms with Crippen molar-refractivity contribution in [1.82, 2.24) is 19.8 Å². The maximum absolute atomic E-state index is 11.6. The van der Waals surface area contributed by atoms with E-state index >= 15 is 0 Å². The summed E-state index contributed by atoms with van der Waals surface area (Å²) in [6.45, 7) is 5.87. The Balaban J connectivity index is 2.03. The molecule has 0 N–H and O–H groups in total. The summed E-state index contributed by atoms with van der Waals surface area (Å²) in [6.07, 6.45) is 3.08. The van der Waals surface area contributed by atoms with Crippen LogP contribution in [-0.4, -0.2) is 85.7 Å².